The van der Waals surface area contributed by atoms with E-state index in [1.807, 2.05) is 88.4 Å². The Labute approximate surface area is 377 Å². The second-order valence-corrected chi connectivity index (χ2v) is 17.4. The zero-order valence-electron chi connectivity index (χ0n) is 38.7. The van der Waals surface area contributed by atoms with Crippen LogP contribution in [0.4, 0.5) is 0 Å². The highest BCUT2D eigenvalue weighted by Gasteiger charge is 2.42. The van der Waals surface area contributed by atoms with Crippen LogP contribution < -0.4 is 10.6 Å². The van der Waals surface area contributed by atoms with Crippen molar-refractivity contribution in [1.29, 1.82) is 0 Å². The minimum absolute atomic E-state index is 0.0469. The highest BCUT2D eigenvalue weighted by molar-refractivity contribution is 5.96. The molecule has 2 aromatic rings. The van der Waals surface area contributed by atoms with Crippen LogP contribution in [-0.4, -0.2) is 144 Å². The number of rotatable bonds is 21. The van der Waals surface area contributed by atoms with Crippen molar-refractivity contribution in [2.24, 2.45) is 11.8 Å². The molecule has 2 aromatic carbocycles. The maximum Gasteiger partial charge on any atom is 0.328 e. The van der Waals surface area contributed by atoms with Gasteiger partial charge in [0, 0.05) is 45.9 Å². The van der Waals surface area contributed by atoms with Crippen LogP contribution in [0.2, 0.25) is 0 Å². The monoisotopic (exact) mass is 888 g/mol. The molecule has 2 heterocycles. The lowest BCUT2D eigenvalue weighted by atomic mass is 10.00. The fourth-order valence-corrected chi connectivity index (χ4v) is 8.31. The Morgan fingerprint density at radius 3 is 1.92 bits per heavy atom. The van der Waals surface area contributed by atoms with Crippen LogP contribution in [0.1, 0.15) is 90.7 Å². The first-order valence-electron chi connectivity index (χ1n) is 22.5. The van der Waals surface area contributed by atoms with Crippen molar-refractivity contribution in [2.75, 3.05) is 40.8 Å². The van der Waals surface area contributed by atoms with Crippen LogP contribution in [0.25, 0.3) is 0 Å². The zero-order chi connectivity index (χ0) is 47.1. The number of benzene rings is 2. The molecule has 0 unspecified atom stereocenters. The van der Waals surface area contributed by atoms with E-state index in [0.29, 0.717) is 45.1 Å². The average Bonchev–Trinajstić information content (AvgIpc) is 4.00. The van der Waals surface area contributed by atoms with Crippen molar-refractivity contribution in [3.8, 4) is 0 Å². The number of hydrogen-bond donors (Lipinski definition) is 2. The van der Waals surface area contributed by atoms with Crippen LogP contribution in [0.5, 0.6) is 0 Å². The van der Waals surface area contributed by atoms with Gasteiger partial charge in [-0.25, -0.2) is 4.79 Å². The highest BCUT2D eigenvalue weighted by atomic mass is 16.5. The van der Waals surface area contributed by atoms with Crippen LogP contribution >= 0.6 is 0 Å². The first kappa shape index (κ1) is 50.8. The predicted molar refractivity (Wildman–Crippen MR) is 239 cm³/mol. The smallest absolute Gasteiger partial charge is 0.328 e. The fraction of sp³-hybridized carbons (Fsp3) is 0.583. The standard InChI is InChI=1S/C48H68N6O10/c1-9-32(4)42(64-41(56)25-24-34-18-12-10-13-19-34)47(61)53-26-16-22-36(53)43(57)49-30-40(55)51(6)38(28-31(2)3)44(58)50-33(5)45(59)52(7)39(29-35-20-14-11-15-21-35)46(60)54-27-17-23-37(54)48(62)63-8/h10-15,18-21,31-33,36-39,42H,9,16-17,22-30H2,1-8H3,(H,49,57)(H,50,58)/t32-,33-,36-,37-,38-,39+,42+/m0/s1. The van der Waals surface area contributed by atoms with Crippen molar-refractivity contribution >= 4 is 47.4 Å². The minimum Gasteiger partial charge on any atom is -0.467 e. The number of carbonyl (C=O) groups is 8. The first-order chi connectivity index (χ1) is 30.5. The van der Waals surface area contributed by atoms with E-state index in [2.05, 4.69) is 10.6 Å². The van der Waals surface area contributed by atoms with Gasteiger partial charge in [0.15, 0.2) is 6.10 Å². The number of carbonyl (C=O) groups excluding carboxylic acids is 8. The molecule has 0 radical (unpaired) electrons. The summed E-state index contributed by atoms with van der Waals surface area (Å²) in [5.74, 6) is -4.48. The van der Waals surface area contributed by atoms with Gasteiger partial charge < -0.3 is 39.7 Å². The van der Waals surface area contributed by atoms with E-state index in [4.69, 9.17) is 9.47 Å². The van der Waals surface area contributed by atoms with E-state index in [1.54, 1.807) is 0 Å². The van der Waals surface area contributed by atoms with E-state index in [9.17, 15) is 38.4 Å². The summed E-state index contributed by atoms with van der Waals surface area (Å²) in [6, 6.07) is 13.9. The molecule has 2 fully saturated rings. The number of esters is 2. The van der Waals surface area contributed by atoms with E-state index < -0.39 is 90.2 Å². The van der Waals surface area contributed by atoms with Crippen LogP contribution in [0.3, 0.4) is 0 Å². The zero-order valence-corrected chi connectivity index (χ0v) is 38.7. The Morgan fingerprint density at radius 1 is 0.766 bits per heavy atom. The Balaban J connectivity index is 1.39. The number of likely N-dealkylation sites (N-methyl/N-ethyl adjacent to an activating group) is 2. The summed E-state index contributed by atoms with van der Waals surface area (Å²) >= 11 is 0. The quantitative estimate of drug-likeness (QED) is 0.176. The third-order valence-corrected chi connectivity index (χ3v) is 12.3. The summed E-state index contributed by atoms with van der Waals surface area (Å²) in [5, 5.41) is 5.42. The summed E-state index contributed by atoms with van der Waals surface area (Å²) in [6.07, 6.45) is 2.41. The predicted octanol–water partition coefficient (Wildman–Crippen LogP) is 3.30. The van der Waals surface area contributed by atoms with Crippen LogP contribution in [0.15, 0.2) is 60.7 Å². The second-order valence-electron chi connectivity index (χ2n) is 17.4. The molecule has 0 aliphatic carbocycles. The molecule has 16 nitrogen and oxygen atoms in total. The van der Waals surface area contributed by atoms with Gasteiger partial charge in [-0.15, -0.1) is 0 Å². The van der Waals surface area contributed by atoms with Gasteiger partial charge >= 0.3 is 11.9 Å². The first-order valence-corrected chi connectivity index (χ1v) is 22.5. The molecule has 4 rings (SSSR count). The Morgan fingerprint density at radius 2 is 1.34 bits per heavy atom. The van der Waals surface area contributed by atoms with Crippen molar-refractivity contribution in [1.82, 2.24) is 30.2 Å². The SMILES string of the molecule is CC[C@H](C)[C@@H](OC(=O)CCc1ccccc1)C(=O)N1CCC[C@H]1C(=O)NCC(=O)N(C)[C@@H](CC(C)C)C(=O)N[C@@H](C)C(=O)N(C)[C@H](Cc1ccccc1)C(=O)N1CCC[C@H]1C(=O)OC. The molecule has 0 aromatic heterocycles. The number of ether oxygens (including phenoxy) is 2. The molecule has 6 amide bonds. The minimum atomic E-state index is -1.11. The summed E-state index contributed by atoms with van der Waals surface area (Å²) in [5.41, 5.74) is 1.77. The lowest BCUT2D eigenvalue weighted by Gasteiger charge is -2.35. The summed E-state index contributed by atoms with van der Waals surface area (Å²) in [7, 11) is 4.22. The molecule has 350 valence electrons. The van der Waals surface area contributed by atoms with Crippen molar-refractivity contribution in [3.63, 3.8) is 0 Å². The highest BCUT2D eigenvalue weighted by Crippen LogP contribution is 2.25. The Bertz CT molecular complexity index is 1930. The number of nitrogens with one attached hydrogen (secondary N) is 2. The lowest BCUT2D eigenvalue weighted by Crippen LogP contribution is -2.58. The number of nitrogens with zero attached hydrogens (tertiary/aromatic N) is 4. The van der Waals surface area contributed by atoms with Crippen molar-refractivity contribution < 1.29 is 47.8 Å². The fourth-order valence-electron chi connectivity index (χ4n) is 8.31. The summed E-state index contributed by atoms with van der Waals surface area (Å²) < 4.78 is 10.7. The van der Waals surface area contributed by atoms with Crippen molar-refractivity contribution in [3.05, 3.63) is 71.8 Å². The largest absolute Gasteiger partial charge is 0.467 e. The molecular weight excluding hydrogens is 821 g/mol. The van der Waals surface area contributed by atoms with Gasteiger partial charge in [-0.2, -0.15) is 0 Å². The third-order valence-electron chi connectivity index (χ3n) is 12.3. The van der Waals surface area contributed by atoms with Gasteiger partial charge in [0.2, 0.25) is 29.5 Å². The molecule has 0 spiro atoms. The normalized spacial score (nSPS) is 18.3. The molecule has 0 saturated carbocycles. The van der Waals surface area contributed by atoms with E-state index in [0.717, 1.165) is 11.1 Å². The van der Waals surface area contributed by atoms with E-state index in [1.165, 1.54) is 47.7 Å². The number of hydrogen-bond acceptors (Lipinski definition) is 10. The molecule has 2 saturated heterocycles. The van der Waals surface area contributed by atoms with Crippen LogP contribution in [-0.2, 0) is 60.7 Å². The van der Waals surface area contributed by atoms with E-state index in [-0.39, 0.29) is 37.6 Å². The molecule has 0 bridgehead atoms. The van der Waals surface area contributed by atoms with Gasteiger partial charge in [0.05, 0.1) is 13.7 Å². The lowest BCUT2D eigenvalue weighted by molar-refractivity contribution is -0.165. The van der Waals surface area contributed by atoms with Gasteiger partial charge in [-0.1, -0.05) is 88.4 Å². The number of likely N-dealkylation sites (tertiary alicyclic amines) is 2. The molecule has 2 aliphatic rings. The van der Waals surface area contributed by atoms with Crippen molar-refractivity contribution in [2.45, 2.75) is 129 Å². The maximum absolute atomic E-state index is 14.1. The molecular formula is C48H68N6O10. The average molecular weight is 889 g/mol. The third kappa shape index (κ3) is 13.6. The molecule has 7 atom stereocenters. The molecule has 16 heteroatoms. The summed E-state index contributed by atoms with van der Waals surface area (Å²) in [6.45, 7) is 9.18. The second kappa shape index (κ2) is 24.3. The Kier molecular flexibility index (Phi) is 19.3. The topological polar surface area (TPSA) is 192 Å². The number of aryl methyl sites for hydroxylation is 1. The maximum atomic E-state index is 14.1. The van der Waals surface area contributed by atoms with Gasteiger partial charge in [0.25, 0.3) is 5.91 Å². The van der Waals surface area contributed by atoms with Crippen LogP contribution in [0, 0.1) is 11.8 Å². The van der Waals surface area contributed by atoms with E-state index >= 15 is 0 Å². The number of amides is 6. The Hall–Kier alpha value is -5.80. The van der Waals surface area contributed by atoms with Gasteiger partial charge in [0.1, 0.15) is 30.2 Å². The van der Waals surface area contributed by atoms with Gasteiger partial charge in [-0.05, 0) is 68.9 Å². The summed E-state index contributed by atoms with van der Waals surface area (Å²) in [4.78, 5) is 114. The number of methoxy groups -OCH3 is 1. The molecule has 2 N–H and O–H groups in total. The molecule has 64 heavy (non-hydrogen) atoms. The molecule has 2 aliphatic heterocycles. The van der Waals surface area contributed by atoms with Gasteiger partial charge in [-0.3, -0.25) is 33.6 Å².